The maximum atomic E-state index is 12.1. The van der Waals surface area contributed by atoms with Crippen molar-refractivity contribution in [2.24, 2.45) is 0 Å². The van der Waals surface area contributed by atoms with Crippen LogP contribution in [0.25, 0.3) is 11.3 Å². The first-order valence-corrected chi connectivity index (χ1v) is 8.98. The molecule has 3 rings (SSSR count). The zero-order valence-corrected chi connectivity index (χ0v) is 15.2. The zero-order valence-electron chi connectivity index (χ0n) is 15.2. The van der Waals surface area contributed by atoms with Gasteiger partial charge in [-0.3, -0.25) is 0 Å². The molecule has 0 saturated heterocycles. The number of aryl methyl sites for hydroxylation is 1. The molecule has 5 heteroatoms. The summed E-state index contributed by atoms with van der Waals surface area (Å²) in [6.45, 7) is 5.32. The van der Waals surface area contributed by atoms with E-state index in [1.165, 1.54) is 31.9 Å². The highest BCUT2D eigenvalue weighted by Crippen LogP contribution is 2.42. The summed E-state index contributed by atoms with van der Waals surface area (Å²) >= 11 is 0. The molecular formula is C20H26N2O3. The molecule has 25 heavy (non-hydrogen) atoms. The van der Waals surface area contributed by atoms with Gasteiger partial charge in [0.15, 0.2) is 0 Å². The van der Waals surface area contributed by atoms with Crippen LogP contribution in [-0.4, -0.2) is 36.3 Å². The highest BCUT2D eigenvalue weighted by Gasteiger charge is 2.25. The van der Waals surface area contributed by atoms with Gasteiger partial charge in [-0.2, -0.15) is 0 Å². The first kappa shape index (κ1) is 17.7. The smallest absolute Gasteiger partial charge is 0.338 e. The molecule has 0 atom stereocenters. The van der Waals surface area contributed by atoms with E-state index in [0.29, 0.717) is 24.7 Å². The Balaban J connectivity index is 1.96. The summed E-state index contributed by atoms with van der Waals surface area (Å²) in [4.78, 5) is 20.0. The maximum Gasteiger partial charge on any atom is 0.338 e. The van der Waals surface area contributed by atoms with Gasteiger partial charge >= 0.3 is 5.97 Å². The van der Waals surface area contributed by atoms with Crippen molar-refractivity contribution < 1.29 is 14.3 Å². The number of rotatable bonds is 7. The van der Waals surface area contributed by atoms with Gasteiger partial charge in [-0.25, -0.2) is 9.78 Å². The van der Waals surface area contributed by atoms with E-state index < -0.39 is 0 Å². The first-order valence-electron chi connectivity index (χ1n) is 8.98. The van der Waals surface area contributed by atoms with Crippen molar-refractivity contribution in [2.75, 3.05) is 20.3 Å². The number of aromatic amines is 1. The van der Waals surface area contributed by atoms with Crippen LogP contribution in [0.2, 0.25) is 0 Å². The molecule has 1 aromatic carbocycles. The lowest BCUT2D eigenvalue weighted by Crippen LogP contribution is -2.12. The van der Waals surface area contributed by atoms with Gasteiger partial charge in [0, 0.05) is 18.6 Å². The van der Waals surface area contributed by atoms with Crippen molar-refractivity contribution in [3.8, 4) is 11.3 Å². The molecule has 1 aliphatic carbocycles. The Bertz CT molecular complexity index is 747. The van der Waals surface area contributed by atoms with Crippen LogP contribution in [-0.2, 0) is 15.9 Å². The molecule has 1 saturated carbocycles. The third-order valence-electron chi connectivity index (χ3n) is 4.95. The maximum absolute atomic E-state index is 12.1. The monoisotopic (exact) mass is 342 g/mol. The molecule has 134 valence electrons. The minimum absolute atomic E-state index is 0.296. The van der Waals surface area contributed by atoms with E-state index in [0.717, 1.165) is 29.1 Å². The number of ether oxygens (including phenoxy) is 2. The molecule has 0 radical (unpaired) electrons. The quantitative estimate of drug-likeness (QED) is 0.610. The molecular weight excluding hydrogens is 316 g/mol. The van der Waals surface area contributed by atoms with Crippen molar-refractivity contribution >= 4 is 5.97 Å². The molecule has 1 N–H and O–H groups in total. The van der Waals surface area contributed by atoms with E-state index in [1.807, 2.05) is 26.1 Å². The lowest BCUT2D eigenvalue weighted by Gasteiger charge is -2.28. The van der Waals surface area contributed by atoms with Crippen LogP contribution in [0.1, 0.15) is 59.4 Å². The Kier molecular flexibility index (Phi) is 5.53. The Labute approximate surface area is 148 Å². The normalized spacial score (nSPS) is 14.4. The van der Waals surface area contributed by atoms with Gasteiger partial charge in [0.1, 0.15) is 5.82 Å². The van der Waals surface area contributed by atoms with Gasteiger partial charge in [0.05, 0.1) is 31.2 Å². The predicted molar refractivity (Wildman–Crippen MR) is 96.9 cm³/mol. The van der Waals surface area contributed by atoms with E-state index in [2.05, 4.69) is 16.0 Å². The summed E-state index contributed by atoms with van der Waals surface area (Å²) in [5.41, 5.74) is 4.90. The van der Waals surface area contributed by atoms with Crippen molar-refractivity contribution in [3.63, 3.8) is 0 Å². The van der Waals surface area contributed by atoms with Crippen LogP contribution >= 0.6 is 0 Å². The van der Waals surface area contributed by atoms with Gasteiger partial charge in [0.2, 0.25) is 0 Å². The average Bonchev–Trinajstić information content (AvgIpc) is 3.02. The van der Waals surface area contributed by atoms with E-state index in [4.69, 9.17) is 9.47 Å². The summed E-state index contributed by atoms with van der Waals surface area (Å²) in [6, 6.07) is 4.10. The van der Waals surface area contributed by atoms with Gasteiger partial charge in [-0.1, -0.05) is 12.5 Å². The number of hydrogen-bond donors (Lipinski definition) is 1. The third kappa shape index (κ3) is 3.76. The SMILES string of the molecule is CCOCCc1ncc(-c2cc(C(=O)OC)c(C)cc2C2CCC2)[nH]1. The van der Waals surface area contributed by atoms with Crippen LogP contribution in [0.3, 0.4) is 0 Å². The molecule has 0 amide bonds. The molecule has 2 aromatic rings. The standard InChI is InChI=1S/C20H26N2O3/c1-4-25-9-8-19-21-12-18(22-19)17-11-15(20(23)24-3)13(2)10-16(17)14-6-5-7-14/h10-12,14H,4-9H2,1-3H3,(H,21,22). The number of aromatic nitrogens is 2. The molecule has 1 aliphatic rings. The van der Waals surface area contributed by atoms with Gasteiger partial charge in [-0.15, -0.1) is 0 Å². The Morgan fingerprint density at radius 3 is 2.80 bits per heavy atom. The number of nitrogens with one attached hydrogen (secondary N) is 1. The molecule has 5 nitrogen and oxygen atoms in total. The molecule has 1 heterocycles. The second kappa shape index (κ2) is 7.83. The summed E-state index contributed by atoms with van der Waals surface area (Å²) in [7, 11) is 1.42. The number of carbonyl (C=O) groups is 1. The van der Waals surface area contributed by atoms with Crippen molar-refractivity contribution in [1.82, 2.24) is 9.97 Å². The summed E-state index contributed by atoms with van der Waals surface area (Å²) in [5.74, 6) is 1.17. The second-order valence-corrected chi connectivity index (χ2v) is 6.56. The minimum atomic E-state index is -0.296. The Hall–Kier alpha value is -2.14. The number of esters is 1. The van der Waals surface area contributed by atoms with Crippen LogP contribution in [0.4, 0.5) is 0 Å². The predicted octanol–water partition coefficient (Wildman–Crippen LogP) is 4.02. The summed E-state index contributed by atoms with van der Waals surface area (Å²) < 4.78 is 10.3. The number of benzene rings is 1. The lowest BCUT2D eigenvalue weighted by molar-refractivity contribution is 0.0600. The molecule has 1 aromatic heterocycles. The summed E-state index contributed by atoms with van der Waals surface area (Å²) in [5, 5.41) is 0. The van der Waals surface area contributed by atoms with Gasteiger partial charge in [-0.05, 0) is 49.8 Å². The van der Waals surface area contributed by atoms with Gasteiger partial charge in [0.25, 0.3) is 0 Å². The fraction of sp³-hybridized carbons (Fsp3) is 0.500. The van der Waals surface area contributed by atoms with E-state index in [-0.39, 0.29) is 5.97 Å². The Morgan fingerprint density at radius 1 is 1.36 bits per heavy atom. The van der Waals surface area contributed by atoms with E-state index in [9.17, 15) is 4.79 Å². The van der Waals surface area contributed by atoms with Crippen molar-refractivity contribution in [3.05, 3.63) is 40.8 Å². The Morgan fingerprint density at radius 2 is 2.16 bits per heavy atom. The van der Waals surface area contributed by atoms with Crippen LogP contribution < -0.4 is 0 Å². The average molecular weight is 342 g/mol. The molecule has 0 spiro atoms. The molecule has 1 fully saturated rings. The number of carbonyl (C=O) groups excluding carboxylic acids is 1. The summed E-state index contributed by atoms with van der Waals surface area (Å²) in [6.07, 6.45) is 6.28. The minimum Gasteiger partial charge on any atom is -0.465 e. The van der Waals surface area contributed by atoms with Crippen LogP contribution in [0.15, 0.2) is 18.3 Å². The zero-order chi connectivity index (χ0) is 17.8. The largest absolute Gasteiger partial charge is 0.465 e. The second-order valence-electron chi connectivity index (χ2n) is 6.56. The number of imidazole rings is 1. The molecule has 0 bridgehead atoms. The number of nitrogens with zero attached hydrogens (tertiary/aromatic N) is 1. The van der Waals surface area contributed by atoms with Crippen molar-refractivity contribution in [2.45, 2.75) is 45.4 Å². The topological polar surface area (TPSA) is 64.2 Å². The van der Waals surface area contributed by atoms with Crippen LogP contribution in [0, 0.1) is 6.92 Å². The molecule has 0 aliphatic heterocycles. The molecule has 0 unspecified atom stereocenters. The lowest BCUT2D eigenvalue weighted by atomic mass is 9.76. The fourth-order valence-electron chi connectivity index (χ4n) is 3.29. The number of H-pyrrole nitrogens is 1. The highest BCUT2D eigenvalue weighted by atomic mass is 16.5. The van der Waals surface area contributed by atoms with Crippen molar-refractivity contribution in [1.29, 1.82) is 0 Å². The fourth-order valence-corrected chi connectivity index (χ4v) is 3.29. The third-order valence-corrected chi connectivity index (χ3v) is 4.95. The van der Waals surface area contributed by atoms with E-state index >= 15 is 0 Å². The first-order chi connectivity index (χ1) is 12.1. The van der Waals surface area contributed by atoms with Gasteiger partial charge < -0.3 is 14.5 Å². The number of hydrogen-bond acceptors (Lipinski definition) is 4. The van der Waals surface area contributed by atoms with Crippen LogP contribution in [0.5, 0.6) is 0 Å². The number of methoxy groups -OCH3 is 1. The van der Waals surface area contributed by atoms with E-state index in [1.54, 1.807) is 0 Å². The highest BCUT2D eigenvalue weighted by molar-refractivity contribution is 5.93.